The van der Waals surface area contributed by atoms with Crippen LogP contribution in [0.1, 0.15) is 71.6 Å². The van der Waals surface area contributed by atoms with Crippen LogP contribution < -0.4 is 10.5 Å². The molecule has 1 aliphatic carbocycles. The second-order valence-corrected chi connectivity index (χ2v) is 13.6. The van der Waals surface area contributed by atoms with Crippen molar-refractivity contribution in [1.82, 2.24) is 14.9 Å². The number of carbonyl (C=O) groups excluding carboxylic acids is 2. The fourth-order valence-corrected chi connectivity index (χ4v) is 6.42. The van der Waals surface area contributed by atoms with Gasteiger partial charge in [0.15, 0.2) is 0 Å². The molecule has 2 aromatic heterocycles. The van der Waals surface area contributed by atoms with Crippen molar-refractivity contribution in [3.8, 4) is 0 Å². The molecule has 1 fully saturated rings. The van der Waals surface area contributed by atoms with Gasteiger partial charge in [0.1, 0.15) is 24.0 Å². The first-order valence-corrected chi connectivity index (χ1v) is 16.0. The van der Waals surface area contributed by atoms with E-state index in [4.69, 9.17) is 9.88 Å². The van der Waals surface area contributed by atoms with E-state index in [1.54, 1.807) is 11.0 Å². The molecule has 0 bridgehead atoms. The van der Waals surface area contributed by atoms with Gasteiger partial charge in [0.2, 0.25) is 5.78 Å². The zero-order valence-corrected chi connectivity index (χ0v) is 25.5. The minimum atomic E-state index is -4.20. The lowest BCUT2D eigenvalue weighted by Gasteiger charge is -2.38. The molecule has 1 saturated carbocycles. The molecule has 228 valence electrons. The van der Waals surface area contributed by atoms with Crippen molar-refractivity contribution in [3.05, 3.63) is 87.2 Å². The van der Waals surface area contributed by atoms with E-state index in [2.05, 4.69) is 19.5 Å². The quantitative estimate of drug-likeness (QED) is 0.259. The topological polar surface area (TPSA) is 174 Å². The van der Waals surface area contributed by atoms with Crippen molar-refractivity contribution in [1.29, 1.82) is 0 Å². The van der Waals surface area contributed by atoms with Gasteiger partial charge < -0.3 is 19.3 Å². The van der Waals surface area contributed by atoms with Crippen LogP contribution in [0.25, 0.3) is 0 Å². The van der Waals surface area contributed by atoms with Gasteiger partial charge in [-0.1, -0.05) is 24.3 Å². The first-order valence-electron chi connectivity index (χ1n) is 13.6. The maximum Gasteiger partial charge on any atom is 0.411 e. The molecular weight excluding hydrogens is 594 g/mol. The predicted octanol–water partition coefficient (Wildman–Crippen LogP) is 3.69. The SMILES string of the molecule is CC(C)(C)OC(=O)N1CCc2ccccc2C1c1csc(C(=O)c2cncnc2N[C@@H]2C/C(=C/OS(N)(=O)=O)[C@@H](O)C2)c1. The number of benzene rings is 1. The summed E-state index contributed by atoms with van der Waals surface area (Å²) < 4.78 is 32.5. The van der Waals surface area contributed by atoms with Crippen LogP contribution in [-0.2, 0) is 25.6 Å². The molecule has 0 radical (unpaired) electrons. The molecule has 1 aliphatic heterocycles. The Balaban J connectivity index is 1.39. The van der Waals surface area contributed by atoms with E-state index in [1.807, 2.05) is 50.4 Å². The molecule has 3 atom stereocenters. The normalized spacial score (nSPS) is 21.4. The van der Waals surface area contributed by atoms with Crippen LogP contribution in [0.2, 0.25) is 0 Å². The highest BCUT2D eigenvalue weighted by molar-refractivity contribution is 7.84. The molecular formula is C29H33N5O7S2. The molecule has 4 N–H and O–H groups in total. The molecule has 14 heteroatoms. The summed E-state index contributed by atoms with van der Waals surface area (Å²) >= 11 is 1.26. The van der Waals surface area contributed by atoms with Crippen LogP contribution in [0.15, 0.2) is 60.1 Å². The molecule has 1 amide bonds. The van der Waals surface area contributed by atoms with E-state index >= 15 is 0 Å². The number of carbonyl (C=O) groups is 2. The number of fused-ring (bicyclic) bond motifs is 1. The van der Waals surface area contributed by atoms with Crippen molar-refractivity contribution >= 4 is 39.3 Å². The number of nitrogens with two attached hydrogens (primary N) is 1. The maximum atomic E-state index is 13.8. The lowest BCUT2D eigenvalue weighted by Crippen LogP contribution is -2.43. The van der Waals surface area contributed by atoms with E-state index < -0.39 is 34.1 Å². The summed E-state index contributed by atoms with van der Waals surface area (Å²) in [5, 5.41) is 20.3. The molecule has 2 aliphatic rings. The van der Waals surface area contributed by atoms with Crippen LogP contribution in [-0.4, -0.2) is 64.6 Å². The Kier molecular flexibility index (Phi) is 8.56. The lowest BCUT2D eigenvalue weighted by molar-refractivity contribution is 0.0178. The van der Waals surface area contributed by atoms with Gasteiger partial charge in [-0.25, -0.2) is 14.8 Å². The molecule has 3 heterocycles. The Bertz CT molecular complexity index is 1660. The van der Waals surface area contributed by atoms with E-state index in [9.17, 15) is 23.1 Å². The summed E-state index contributed by atoms with van der Waals surface area (Å²) in [7, 11) is -4.20. The van der Waals surface area contributed by atoms with Crippen molar-refractivity contribution in [2.75, 3.05) is 11.9 Å². The lowest BCUT2D eigenvalue weighted by atomic mass is 9.89. The third-order valence-electron chi connectivity index (χ3n) is 7.12. The average Bonchev–Trinajstić information content (AvgIpc) is 3.56. The zero-order chi connectivity index (χ0) is 30.9. The summed E-state index contributed by atoms with van der Waals surface area (Å²) in [4.78, 5) is 37.5. The number of thiophene rings is 1. The van der Waals surface area contributed by atoms with Gasteiger partial charge >= 0.3 is 16.4 Å². The fourth-order valence-electron chi connectivity index (χ4n) is 5.28. The van der Waals surface area contributed by atoms with E-state index in [0.29, 0.717) is 23.4 Å². The standard InChI is InChI=1S/C29H33N5O7S2/c1-29(2,3)41-28(37)34-9-8-17-6-4-5-7-21(17)25(34)19-11-24(42-15-19)26(36)22-13-31-16-32-27(22)33-20-10-18(23(35)12-20)14-40-43(30,38)39/h4-7,11,13-16,20,23,25,35H,8-10,12H2,1-3H3,(H2,30,38,39)(H,31,32,33)/b18-14-/t20-,23+,25?/m1/s1. The highest BCUT2D eigenvalue weighted by atomic mass is 32.2. The van der Waals surface area contributed by atoms with Gasteiger partial charge in [0.05, 0.1) is 22.6 Å². The van der Waals surface area contributed by atoms with Crippen LogP contribution >= 0.6 is 11.3 Å². The first-order chi connectivity index (χ1) is 20.3. The number of ether oxygens (including phenoxy) is 1. The van der Waals surface area contributed by atoms with E-state index in [1.165, 1.54) is 23.9 Å². The fraction of sp³-hybridized carbons (Fsp3) is 0.379. The van der Waals surface area contributed by atoms with Crippen LogP contribution in [0, 0.1) is 0 Å². The van der Waals surface area contributed by atoms with Gasteiger partial charge in [-0.3, -0.25) is 9.69 Å². The number of hydrogen-bond donors (Lipinski definition) is 3. The number of aliphatic hydroxyl groups is 1. The van der Waals surface area contributed by atoms with Crippen LogP contribution in [0.3, 0.4) is 0 Å². The van der Waals surface area contributed by atoms with Gasteiger partial charge in [0, 0.05) is 18.8 Å². The molecule has 1 aromatic carbocycles. The minimum Gasteiger partial charge on any atom is -0.444 e. The Hall–Kier alpha value is -3.85. The molecule has 5 rings (SSSR count). The smallest absolute Gasteiger partial charge is 0.411 e. The van der Waals surface area contributed by atoms with Crippen molar-refractivity contribution in [3.63, 3.8) is 0 Å². The van der Waals surface area contributed by atoms with Crippen molar-refractivity contribution < 1.29 is 32.0 Å². The Morgan fingerprint density at radius 2 is 2.02 bits per heavy atom. The maximum absolute atomic E-state index is 13.8. The number of aromatic nitrogens is 2. The molecule has 43 heavy (non-hydrogen) atoms. The predicted molar refractivity (Wildman–Crippen MR) is 160 cm³/mol. The average molecular weight is 628 g/mol. The molecule has 12 nitrogen and oxygen atoms in total. The monoisotopic (exact) mass is 627 g/mol. The van der Waals surface area contributed by atoms with Crippen molar-refractivity contribution in [2.24, 2.45) is 5.14 Å². The minimum absolute atomic E-state index is 0.233. The van der Waals surface area contributed by atoms with Gasteiger partial charge in [0.25, 0.3) is 0 Å². The first kappa shape index (κ1) is 30.6. The Morgan fingerprint density at radius 1 is 1.26 bits per heavy atom. The van der Waals surface area contributed by atoms with Crippen LogP contribution in [0.5, 0.6) is 0 Å². The number of ketones is 1. The summed E-state index contributed by atoms with van der Waals surface area (Å²) in [6.45, 7) is 5.96. The highest BCUT2D eigenvalue weighted by Crippen LogP contribution is 2.38. The third-order valence-corrected chi connectivity index (χ3v) is 8.43. The Labute approximate surface area is 253 Å². The largest absolute Gasteiger partial charge is 0.444 e. The van der Waals surface area contributed by atoms with Gasteiger partial charge in [-0.05, 0) is 73.7 Å². The molecule has 3 aromatic rings. The number of amides is 1. The summed E-state index contributed by atoms with van der Waals surface area (Å²) in [5.74, 6) is -0.0294. The second kappa shape index (κ2) is 12.0. The second-order valence-electron chi connectivity index (χ2n) is 11.5. The Morgan fingerprint density at radius 3 is 2.77 bits per heavy atom. The van der Waals surface area contributed by atoms with E-state index in [-0.39, 0.29) is 36.0 Å². The highest BCUT2D eigenvalue weighted by Gasteiger charge is 2.36. The number of hydrogen-bond acceptors (Lipinski definition) is 11. The number of aliphatic hydroxyl groups excluding tert-OH is 1. The van der Waals surface area contributed by atoms with Gasteiger partial charge in [-0.15, -0.1) is 11.3 Å². The summed E-state index contributed by atoms with van der Waals surface area (Å²) in [5.41, 5.74) is 2.83. The summed E-state index contributed by atoms with van der Waals surface area (Å²) in [6.07, 6.45) is 3.47. The van der Waals surface area contributed by atoms with E-state index in [0.717, 1.165) is 23.0 Å². The van der Waals surface area contributed by atoms with Crippen molar-refractivity contribution in [2.45, 2.75) is 63.8 Å². The number of nitrogens with zero attached hydrogens (tertiary/aromatic N) is 3. The zero-order valence-electron chi connectivity index (χ0n) is 23.9. The number of anilines is 1. The third kappa shape index (κ3) is 7.21. The van der Waals surface area contributed by atoms with Gasteiger partial charge in [-0.2, -0.15) is 13.6 Å². The molecule has 0 saturated heterocycles. The number of rotatable bonds is 7. The van der Waals surface area contributed by atoms with Crippen LogP contribution in [0.4, 0.5) is 10.6 Å². The number of nitrogens with one attached hydrogen (secondary N) is 1. The molecule has 0 spiro atoms. The summed E-state index contributed by atoms with van der Waals surface area (Å²) in [6, 6.07) is 8.96. The molecule has 1 unspecified atom stereocenters.